The molecule has 0 aromatic heterocycles. The van der Waals surface area contributed by atoms with Crippen molar-refractivity contribution in [2.45, 2.75) is 37.7 Å². The second-order valence-corrected chi connectivity index (χ2v) is 10.5. The molecule has 2 N–H and O–H groups in total. The Balaban J connectivity index is 1.80. The fourth-order valence-corrected chi connectivity index (χ4v) is 6.53. The van der Waals surface area contributed by atoms with E-state index in [2.05, 4.69) is 97.9 Å². The van der Waals surface area contributed by atoms with Gasteiger partial charge in [-0.15, -0.1) is 0 Å². The Morgan fingerprint density at radius 1 is 0.600 bits per heavy atom. The van der Waals surface area contributed by atoms with E-state index >= 15 is 0 Å². The Kier molecular flexibility index (Phi) is 7.40. The van der Waals surface area contributed by atoms with Gasteiger partial charge in [0.2, 0.25) is 0 Å². The summed E-state index contributed by atoms with van der Waals surface area (Å²) in [5.74, 6) is -0.225. The first-order valence-corrected chi connectivity index (χ1v) is 14.1. The minimum atomic E-state index is -1.99. The number of hydrogen-bond acceptors (Lipinski definition) is 3. The fourth-order valence-electron chi connectivity index (χ4n) is 6.53. The highest BCUT2D eigenvalue weighted by atomic mass is 16.6. The van der Waals surface area contributed by atoms with Gasteiger partial charge in [0, 0.05) is 5.92 Å². The largest absolute Gasteiger partial charge is 0.634 e. The van der Waals surface area contributed by atoms with Crippen LogP contribution in [0, 0.1) is 0 Å². The van der Waals surface area contributed by atoms with Crippen molar-refractivity contribution in [3.63, 3.8) is 0 Å². The quantitative estimate of drug-likeness (QED) is 0.187. The van der Waals surface area contributed by atoms with Crippen LogP contribution in [-0.2, 0) is 10.3 Å². The molecule has 1 atom stereocenters. The van der Waals surface area contributed by atoms with Crippen LogP contribution in [0.1, 0.15) is 48.8 Å². The van der Waals surface area contributed by atoms with Gasteiger partial charge in [0.25, 0.3) is 0 Å². The van der Waals surface area contributed by atoms with Gasteiger partial charge in [-0.2, -0.15) is 0 Å². The average molecular weight is 524 g/mol. The Morgan fingerprint density at radius 2 is 1.05 bits per heavy atom. The van der Waals surface area contributed by atoms with Crippen LogP contribution in [0.15, 0.2) is 127 Å². The number of rotatable bonds is 9. The van der Waals surface area contributed by atoms with Crippen LogP contribution in [0.5, 0.6) is 0 Å². The minimum Gasteiger partial charge on any atom is -0.402 e. The molecular weight excluding hydrogens is 491 g/mol. The molecule has 6 aromatic carbocycles. The van der Waals surface area contributed by atoms with E-state index in [0.717, 1.165) is 68.3 Å². The van der Waals surface area contributed by atoms with Gasteiger partial charge >= 0.3 is 7.32 Å². The zero-order valence-electron chi connectivity index (χ0n) is 22.7. The molecule has 0 aliphatic carbocycles. The van der Waals surface area contributed by atoms with Gasteiger partial charge in [-0.1, -0.05) is 147 Å². The molecule has 0 saturated heterocycles. The highest BCUT2D eigenvalue weighted by molar-refractivity contribution is 6.33. The molecule has 0 radical (unpaired) electrons. The maximum absolute atomic E-state index is 10.7. The van der Waals surface area contributed by atoms with E-state index in [1.165, 1.54) is 0 Å². The summed E-state index contributed by atoms with van der Waals surface area (Å²) in [6, 6.07) is 43.9. The average Bonchev–Trinajstić information content (AvgIpc) is 3.00. The van der Waals surface area contributed by atoms with Gasteiger partial charge in [0.15, 0.2) is 0 Å². The van der Waals surface area contributed by atoms with Crippen molar-refractivity contribution in [3.8, 4) is 0 Å². The standard InChI is InChI=1S/C36H33BO3/c1-2-3-23-35(32-22-10-16-26-13-4-7-19-29(26)32)36(40-37(38)39,33-24-11-17-27-14-5-8-20-30(27)33)34-25-12-18-28-15-6-9-21-31(28)34/h4-22,24-25,35,38-39H,2-3,23H2,1H3. The molecule has 0 bridgehead atoms. The Hall–Kier alpha value is -3.96. The zero-order valence-corrected chi connectivity index (χ0v) is 22.7. The summed E-state index contributed by atoms with van der Waals surface area (Å²) in [5.41, 5.74) is 1.76. The molecular formula is C36H33BO3. The summed E-state index contributed by atoms with van der Waals surface area (Å²) in [5, 5.41) is 27.9. The van der Waals surface area contributed by atoms with E-state index in [-0.39, 0.29) is 5.92 Å². The first kappa shape index (κ1) is 26.3. The highest BCUT2D eigenvalue weighted by Crippen LogP contribution is 2.53. The highest BCUT2D eigenvalue weighted by Gasteiger charge is 2.48. The molecule has 0 saturated carbocycles. The van der Waals surface area contributed by atoms with Gasteiger partial charge in [-0.3, -0.25) is 0 Å². The molecule has 0 aliphatic heterocycles. The summed E-state index contributed by atoms with van der Waals surface area (Å²) in [7, 11) is -1.99. The first-order valence-electron chi connectivity index (χ1n) is 14.1. The lowest BCUT2D eigenvalue weighted by Crippen LogP contribution is -2.43. The summed E-state index contributed by atoms with van der Waals surface area (Å²) in [6.07, 6.45) is 2.75. The van der Waals surface area contributed by atoms with Crippen LogP contribution in [0.3, 0.4) is 0 Å². The third kappa shape index (κ3) is 4.59. The Morgan fingerprint density at radius 3 is 1.57 bits per heavy atom. The molecule has 0 fully saturated rings. The van der Waals surface area contributed by atoms with Crippen molar-refractivity contribution >= 4 is 39.6 Å². The molecule has 4 heteroatoms. The van der Waals surface area contributed by atoms with Crippen LogP contribution in [-0.4, -0.2) is 17.4 Å². The zero-order chi connectivity index (χ0) is 27.5. The van der Waals surface area contributed by atoms with Crippen molar-refractivity contribution in [2.75, 3.05) is 0 Å². The second-order valence-electron chi connectivity index (χ2n) is 10.5. The van der Waals surface area contributed by atoms with E-state index in [1.54, 1.807) is 0 Å². The second kappa shape index (κ2) is 11.3. The summed E-state index contributed by atoms with van der Waals surface area (Å²) >= 11 is 0. The minimum absolute atomic E-state index is 0.225. The van der Waals surface area contributed by atoms with Gasteiger partial charge in [-0.25, -0.2) is 0 Å². The third-order valence-corrected chi connectivity index (χ3v) is 8.21. The topological polar surface area (TPSA) is 49.7 Å². The molecule has 1 unspecified atom stereocenters. The molecule has 0 spiro atoms. The maximum Gasteiger partial charge on any atom is 0.634 e. The normalized spacial score (nSPS) is 12.7. The van der Waals surface area contributed by atoms with Gasteiger partial charge < -0.3 is 14.7 Å². The predicted molar refractivity (Wildman–Crippen MR) is 166 cm³/mol. The molecule has 198 valence electrons. The van der Waals surface area contributed by atoms with Crippen LogP contribution >= 0.6 is 0 Å². The number of hydrogen-bond donors (Lipinski definition) is 2. The fraction of sp³-hybridized carbons (Fsp3) is 0.167. The van der Waals surface area contributed by atoms with Gasteiger partial charge in [-0.05, 0) is 55.4 Å². The molecule has 0 heterocycles. The lowest BCUT2D eigenvalue weighted by atomic mass is 9.67. The summed E-state index contributed by atoms with van der Waals surface area (Å²) in [4.78, 5) is 0. The van der Waals surface area contributed by atoms with Gasteiger partial charge in [0.1, 0.15) is 5.60 Å². The summed E-state index contributed by atoms with van der Waals surface area (Å²) in [6.45, 7) is 2.19. The summed E-state index contributed by atoms with van der Waals surface area (Å²) < 4.78 is 6.60. The van der Waals surface area contributed by atoms with Crippen molar-refractivity contribution in [3.05, 3.63) is 144 Å². The molecule has 0 aliphatic rings. The SMILES string of the molecule is CCCCC(c1cccc2ccccc12)C(OB(O)O)(c1cccc2ccccc12)c1cccc2ccccc12. The van der Waals surface area contributed by atoms with E-state index in [9.17, 15) is 10.0 Å². The molecule has 0 amide bonds. The van der Waals surface area contributed by atoms with E-state index < -0.39 is 12.9 Å². The Labute approximate surface area is 235 Å². The molecule has 6 aromatic rings. The van der Waals surface area contributed by atoms with E-state index in [0.29, 0.717) is 0 Å². The molecule has 6 rings (SSSR count). The van der Waals surface area contributed by atoms with Crippen LogP contribution in [0.4, 0.5) is 0 Å². The number of fused-ring (bicyclic) bond motifs is 3. The first-order chi connectivity index (χ1) is 19.6. The molecule has 40 heavy (non-hydrogen) atoms. The van der Waals surface area contributed by atoms with Crippen molar-refractivity contribution in [2.24, 2.45) is 0 Å². The molecule has 3 nitrogen and oxygen atoms in total. The maximum atomic E-state index is 10.7. The van der Waals surface area contributed by atoms with Crippen LogP contribution in [0.2, 0.25) is 0 Å². The van der Waals surface area contributed by atoms with E-state index in [1.807, 2.05) is 36.4 Å². The predicted octanol–water partition coefficient (Wildman–Crippen LogP) is 8.35. The number of benzene rings is 6. The third-order valence-electron chi connectivity index (χ3n) is 8.21. The lowest BCUT2D eigenvalue weighted by Gasteiger charge is -2.44. The Bertz CT molecular complexity index is 1680. The van der Waals surface area contributed by atoms with Crippen LogP contribution < -0.4 is 0 Å². The van der Waals surface area contributed by atoms with Crippen molar-refractivity contribution < 1.29 is 14.7 Å². The van der Waals surface area contributed by atoms with Gasteiger partial charge in [0.05, 0.1) is 0 Å². The van der Waals surface area contributed by atoms with E-state index in [4.69, 9.17) is 4.65 Å². The number of unbranched alkanes of at least 4 members (excludes halogenated alkanes) is 1. The van der Waals surface area contributed by atoms with Crippen molar-refractivity contribution in [1.82, 2.24) is 0 Å². The van der Waals surface area contributed by atoms with Crippen LogP contribution in [0.25, 0.3) is 32.3 Å². The van der Waals surface area contributed by atoms with Crippen molar-refractivity contribution in [1.29, 1.82) is 0 Å². The lowest BCUT2D eigenvalue weighted by molar-refractivity contribution is 0.0250. The smallest absolute Gasteiger partial charge is 0.402 e. The monoisotopic (exact) mass is 524 g/mol.